The lowest BCUT2D eigenvalue weighted by Crippen LogP contribution is -2.46. The molecule has 5 heteroatoms. The number of hydrogen-bond donors (Lipinski definition) is 3. The van der Waals surface area contributed by atoms with E-state index in [1.54, 1.807) is 0 Å². The van der Waals surface area contributed by atoms with Crippen LogP contribution < -0.4 is 15.5 Å². The predicted octanol–water partition coefficient (Wildman–Crippen LogP) is 2.96. The molecule has 1 aromatic rings. The maximum Gasteiger partial charge on any atom is 0.319 e. The van der Waals surface area contributed by atoms with Crippen molar-refractivity contribution >= 4 is 17.4 Å². The van der Waals surface area contributed by atoms with Crippen LogP contribution >= 0.6 is 0 Å². The van der Waals surface area contributed by atoms with Crippen molar-refractivity contribution in [1.82, 2.24) is 5.32 Å². The van der Waals surface area contributed by atoms with E-state index in [9.17, 15) is 9.90 Å². The standard InChI is InChI=1S/C17H27N3O2/c1-12(2)20(3)14-8-6-7-13(11-14)18-17(22)19-15-9-4-5-10-16(15)21/h6-8,11-12,15-16,21H,4-5,9-10H2,1-3H3,(H2,18,19,22). The van der Waals surface area contributed by atoms with E-state index in [0.717, 1.165) is 37.1 Å². The summed E-state index contributed by atoms with van der Waals surface area (Å²) in [6, 6.07) is 7.77. The Hall–Kier alpha value is -1.75. The van der Waals surface area contributed by atoms with Crippen molar-refractivity contribution in [1.29, 1.82) is 0 Å². The Bertz CT molecular complexity index is 504. The summed E-state index contributed by atoms with van der Waals surface area (Å²) in [4.78, 5) is 14.2. The molecule has 1 saturated carbocycles. The third-order valence-electron chi connectivity index (χ3n) is 4.33. The first kappa shape index (κ1) is 16.6. The van der Waals surface area contributed by atoms with Gasteiger partial charge in [0.2, 0.25) is 0 Å². The van der Waals surface area contributed by atoms with Gasteiger partial charge in [0.05, 0.1) is 12.1 Å². The minimum Gasteiger partial charge on any atom is -0.391 e. The van der Waals surface area contributed by atoms with Gasteiger partial charge < -0.3 is 20.6 Å². The number of benzene rings is 1. The summed E-state index contributed by atoms with van der Waals surface area (Å²) in [5.41, 5.74) is 1.82. The van der Waals surface area contributed by atoms with E-state index in [-0.39, 0.29) is 12.1 Å². The van der Waals surface area contributed by atoms with Crippen LogP contribution in [0.5, 0.6) is 0 Å². The first-order valence-electron chi connectivity index (χ1n) is 8.06. The number of nitrogens with zero attached hydrogens (tertiary/aromatic N) is 1. The summed E-state index contributed by atoms with van der Waals surface area (Å²) in [5, 5.41) is 15.6. The zero-order valence-electron chi connectivity index (χ0n) is 13.7. The number of amides is 2. The molecule has 2 rings (SSSR count). The van der Waals surface area contributed by atoms with Gasteiger partial charge in [-0.15, -0.1) is 0 Å². The fourth-order valence-corrected chi connectivity index (χ4v) is 2.72. The first-order chi connectivity index (χ1) is 10.5. The van der Waals surface area contributed by atoms with Gasteiger partial charge >= 0.3 is 6.03 Å². The molecular formula is C17H27N3O2. The van der Waals surface area contributed by atoms with Gasteiger partial charge in [-0.25, -0.2) is 4.79 Å². The van der Waals surface area contributed by atoms with Crippen molar-refractivity contribution in [2.75, 3.05) is 17.3 Å². The zero-order valence-corrected chi connectivity index (χ0v) is 13.7. The number of aliphatic hydroxyl groups excluding tert-OH is 1. The largest absolute Gasteiger partial charge is 0.391 e. The molecule has 1 fully saturated rings. The highest BCUT2D eigenvalue weighted by atomic mass is 16.3. The van der Waals surface area contributed by atoms with Crippen molar-refractivity contribution < 1.29 is 9.90 Å². The topological polar surface area (TPSA) is 64.6 Å². The lowest BCUT2D eigenvalue weighted by atomic mass is 9.93. The highest BCUT2D eigenvalue weighted by molar-refractivity contribution is 5.90. The normalized spacial score (nSPS) is 21.5. The van der Waals surface area contributed by atoms with Gasteiger partial charge in [0, 0.05) is 24.5 Å². The average Bonchev–Trinajstić information content (AvgIpc) is 2.49. The minimum atomic E-state index is -0.432. The Balaban J connectivity index is 1.95. The number of aliphatic hydroxyl groups is 1. The third-order valence-corrected chi connectivity index (χ3v) is 4.33. The molecule has 0 heterocycles. The summed E-state index contributed by atoms with van der Waals surface area (Å²) in [5.74, 6) is 0. The summed E-state index contributed by atoms with van der Waals surface area (Å²) in [7, 11) is 2.03. The molecule has 0 aliphatic heterocycles. The van der Waals surface area contributed by atoms with Crippen LogP contribution in [-0.4, -0.2) is 36.4 Å². The van der Waals surface area contributed by atoms with Gasteiger partial charge in [0.1, 0.15) is 0 Å². The Labute approximate surface area is 132 Å². The zero-order chi connectivity index (χ0) is 16.1. The molecular weight excluding hydrogens is 278 g/mol. The van der Waals surface area contributed by atoms with Crippen LogP contribution in [0.15, 0.2) is 24.3 Å². The smallest absolute Gasteiger partial charge is 0.319 e. The monoisotopic (exact) mass is 305 g/mol. The van der Waals surface area contributed by atoms with Crippen LogP contribution in [0.3, 0.4) is 0 Å². The van der Waals surface area contributed by atoms with Crippen LogP contribution in [0.4, 0.5) is 16.2 Å². The Kier molecular flexibility index (Phi) is 5.66. The van der Waals surface area contributed by atoms with Gasteiger partial charge in [0.25, 0.3) is 0 Å². The van der Waals surface area contributed by atoms with Gasteiger partial charge in [-0.05, 0) is 44.9 Å². The second kappa shape index (κ2) is 7.49. The molecule has 1 aliphatic carbocycles. The lowest BCUT2D eigenvalue weighted by Gasteiger charge is -2.28. The number of carbonyl (C=O) groups is 1. The van der Waals surface area contributed by atoms with E-state index < -0.39 is 6.10 Å². The summed E-state index contributed by atoms with van der Waals surface area (Å²) < 4.78 is 0. The number of carbonyl (C=O) groups excluding carboxylic acids is 1. The molecule has 2 amide bonds. The number of hydrogen-bond acceptors (Lipinski definition) is 3. The van der Waals surface area contributed by atoms with Gasteiger partial charge in [-0.2, -0.15) is 0 Å². The number of rotatable bonds is 4. The van der Waals surface area contributed by atoms with Crippen molar-refractivity contribution in [3.8, 4) is 0 Å². The molecule has 0 bridgehead atoms. The molecule has 1 aromatic carbocycles. The predicted molar refractivity (Wildman–Crippen MR) is 90.4 cm³/mol. The number of nitrogens with one attached hydrogen (secondary N) is 2. The van der Waals surface area contributed by atoms with Crippen LogP contribution in [0, 0.1) is 0 Å². The molecule has 0 radical (unpaired) electrons. The highest BCUT2D eigenvalue weighted by Gasteiger charge is 2.24. The van der Waals surface area contributed by atoms with E-state index in [1.807, 2.05) is 31.3 Å². The quantitative estimate of drug-likeness (QED) is 0.801. The van der Waals surface area contributed by atoms with Crippen LogP contribution in [-0.2, 0) is 0 Å². The van der Waals surface area contributed by atoms with E-state index >= 15 is 0 Å². The average molecular weight is 305 g/mol. The van der Waals surface area contributed by atoms with Gasteiger partial charge in [0.15, 0.2) is 0 Å². The fraction of sp³-hybridized carbons (Fsp3) is 0.588. The molecule has 1 aliphatic rings. The van der Waals surface area contributed by atoms with Crippen LogP contribution in [0.25, 0.3) is 0 Å². The van der Waals surface area contributed by atoms with E-state index in [4.69, 9.17) is 0 Å². The van der Waals surface area contributed by atoms with Crippen molar-refractivity contribution in [2.45, 2.75) is 57.7 Å². The summed E-state index contributed by atoms with van der Waals surface area (Å²) >= 11 is 0. The second-order valence-corrected chi connectivity index (χ2v) is 6.31. The Morgan fingerprint density at radius 3 is 2.73 bits per heavy atom. The molecule has 22 heavy (non-hydrogen) atoms. The maximum absolute atomic E-state index is 12.1. The van der Waals surface area contributed by atoms with Crippen molar-refractivity contribution in [2.24, 2.45) is 0 Å². The SMILES string of the molecule is CC(C)N(C)c1cccc(NC(=O)NC2CCCCC2O)c1. The van der Waals surface area contributed by atoms with Crippen molar-refractivity contribution in [3.05, 3.63) is 24.3 Å². The molecule has 0 saturated heterocycles. The second-order valence-electron chi connectivity index (χ2n) is 6.31. The lowest BCUT2D eigenvalue weighted by molar-refractivity contribution is 0.0955. The number of anilines is 2. The maximum atomic E-state index is 12.1. The Morgan fingerprint density at radius 1 is 1.32 bits per heavy atom. The molecule has 0 spiro atoms. The molecule has 3 N–H and O–H groups in total. The summed E-state index contributed by atoms with van der Waals surface area (Å²) in [6.45, 7) is 4.24. The third kappa shape index (κ3) is 4.37. The number of urea groups is 1. The van der Waals surface area contributed by atoms with Crippen molar-refractivity contribution in [3.63, 3.8) is 0 Å². The van der Waals surface area contributed by atoms with E-state index in [0.29, 0.717) is 6.04 Å². The molecule has 2 atom stereocenters. The van der Waals surface area contributed by atoms with Crippen LogP contribution in [0.2, 0.25) is 0 Å². The van der Waals surface area contributed by atoms with Gasteiger partial charge in [-0.3, -0.25) is 0 Å². The first-order valence-corrected chi connectivity index (χ1v) is 8.06. The van der Waals surface area contributed by atoms with E-state index in [1.165, 1.54) is 0 Å². The summed E-state index contributed by atoms with van der Waals surface area (Å²) in [6.07, 6.45) is 3.25. The van der Waals surface area contributed by atoms with Gasteiger partial charge in [-0.1, -0.05) is 18.9 Å². The van der Waals surface area contributed by atoms with Crippen LogP contribution in [0.1, 0.15) is 39.5 Å². The fourth-order valence-electron chi connectivity index (χ4n) is 2.72. The minimum absolute atomic E-state index is 0.143. The highest BCUT2D eigenvalue weighted by Crippen LogP contribution is 2.21. The molecule has 0 aromatic heterocycles. The molecule has 122 valence electrons. The molecule has 5 nitrogen and oxygen atoms in total. The molecule has 2 unspecified atom stereocenters. The van der Waals surface area contributed by atoms with E-state index in [2.05, 4.69) is 29.4 Å². The Morgan fingerprint density at radius 2 is 2.05 bits per heavy atom.